The number of nitrogens with one attached hydrogen (secondary N) is 1. The van der Waals surface area contributed by atoms with Gasteiger partial charge in [-0.15, -0.1) is 0 Å². The van der Waals surface area contributed by atoms with Crippen molar-refractivity contribution in [1.82, 2.24) is 14.9 Å². The van der Waals surface area contributed by atoms with E-state index >= 15 is 0 Å². The molecular weight excluding hydrogens is 192 g/mol. The van der Waals surface area contributed by atoms with Gasteiger partial charge in [0.05, 0.1) is 12.4 Å². The number of aryl methyl sites for hydroxylation is 1. The van der Waals surface area contributed by atoms with Crippen LogP contribution >= 0.6 is 0 Å². The SMILES string of the molecule is CC[C@@H](N)C(=O)NCCCn1ccnc1. The summed E-state index contributed by atoms with van der Waals surface area (Å²) >= 11 is 0. The summed E-state index contributed by atoms with van der Waals surface area (Å²) in [7, 11) is 0. The van der Waals surface area contributed by atoms with E-state index in [2.05, 4.69) is 10.3 Å². The standard InChI is InChI=1S/C10H18N4O/c1-2-9(11)10(15)13-4-3-6-14-7-5-12-8-14/h5,7-9H,2-4,6,11H2,1H3,(H,13,15)/t9-/m1/s1. The number of nitrogens with two attached hydrogens (primary N) is 1. The van der Waals surface area contributed by atoms with E-state index < -0.39 is 0 Å². The van der Waals surface area contributed by atoms with Crippen LogP contribution in [0.2, 0.25) is 0 Å². The maximum atomic E-state index is 11.3. The normalized spacial score (nSPS) is 12.4. The number of amides is 1. The van der Waals surface area contributed by atoms with Gasteiger partial charge >= 0.3 is 0 Å². The zero-order valence-corrected chi connectivity index (χ0v) is 9.02. The lowest BCUT2D eigenvalue weighted by Gasteiger charge is -2.09. The van der Waals surface area contributed by atoms with Gasteiger partial charge in [-0.1, -0.05) is 6.92 Å². The van der Waals surface area contributed by atoms with Gasteiger partial charge in [-0.25, -0.2) is 4.98 Å². The highest BCUT2D eigenvalue weighted by Gasteiger charge is 2.08. The highest BCUT2D eigenvalue weighted by atomic mass is 16.2. The molecule has 0 spiro atoms. The van der Waals surface area contributed by atoms with Crippen LogP contribution in [0.15, 0.2) is 18.7 Å². The van der Waals surface area contributed by atoms with Crippen molar-refractivity contribution in [1.29, 1.82) is 0 Å². The van der Waals surface area contributed by atoms with Crippen molar-refractivity contribution in [2.45, 2.75) is 32.4 Å². The van der Waals surface area contributed by atoms with Gasteiger partial charge in [0, 0.05) is 25.5 Å². The molecule has 0 radical (unpaired) electrons. The van der Waals surface area contributed by atoms with Crippen LogP contribution < -0.4 is 11.1 Å². The summed E-state index contributed by atoms with van der Waals surface area (Å²) in [4.78, 5) is 15.2. The van der Waals surface area contributed by atoms with Crippen LogP contribution in [0.1, 0.15) is 19.8 Å². The zero-order chi connectivity index (χ0) is 11.1. The third-order valence-electron chi connectivity index (χ3n) is 2.23. The lowest BCUT2D eigenvalue weighted by Crippen LogP contribution is -2.40. The fraction of sp³-hybridized carbons (Fsp3) is 0.600. The Kier molecular flexibility index (Phi) is 4.83. The van der Waals surface area contributed by atoms with Crippen molar-refractivity contribution in [3.05, 3.63) is 18.7 Å². The molecule has 1 atom stereocenters. The number of hydrogen-bond donors (Lipinski definition) is 2. The van der Waals surface area contributed by atoms with E-state index in [1.165, 1.54) is 0 Å². The van der Waals surface area contributed by atoms with Crippen LogP contribution in [0.5, 0.6) is 0 Å². The van der Waals surface area contributed by atoms with E-state index in [4.69, 9.17) is 5.73 Å². The average molecular weight is 210 g/mol. The Bertz CT molecular complexity index is 284. The van der Waals surface area contributed by atoms with Crippen LogP contribution in [-0.2, 0) is 11.3 Å². The summed E-state index contributed by atoms with van der Waals surface area (Å²) in [5.74, 6) is -0.0665. The highest BCUT2D eigenvalue weighted by Crippen LogP contribution is 1.90. The fourth-order valence-corrected chi connectivity index (χ4v) is 1.21. The Hall–Kier alpha value is -1.36. The molecule has 0 fully saturated rings. The maximum Gasteiger partial charge on any atom is 0.236 e. The largest absolute Gasteiger partial charge is 0.355 e. The van der Waals surface area contributed by atoms with Crippen molar-refractivity contribution < 1.29 is 4.79 Å². The molecule has 5 heteroatoms. The molecule has 1 heterocycles. The van der Waals surface area contributed by atoms with Crippen molar-refractivity contribution in [2.24, 2.45) is 5.73 Å². The molecule has 0 aromatic carbocycles. The molecule has 0 saturated heterocycles. The van der Waals surface area contributed by atoms with Crippen LogP contribution in [0.4, 0.5) is 0 Å². The molecule has 0 unspecified atom stereocenters. The molecule has 1 aromatic rings. The van der Waals surface area contributed by atoms with Gasteiger partial charge in [0.15, 0.2) is 0 Å². The van der Waals surface area contributed by atoms with Crippen LogP contribution in [0.3, 0.4) is 0 Å². The molecular formula is C10H18N4O. The summed E-state index contributed by atoms with van der Waals surface area (Å²) in [6, 6.07) is -0.377. The minimum atomic E-state index is -0.377. The van der Waals surface area contributed by atoms with Gasteiger partial charge in [-0.3, -0.25) is 4.79 Å². The molecule has 84 valence electrons. The summed E-state index contributed by atoms with van der Waals surface area (Å²) in [6.07, 6.45) is 6.97. The van der Waals surface area contributed by atoms with Crippen LogP contribution in [0, 0.1) is 0 Å². The lowest BCUT2D eigenvalue weighted by atomic mass is 10.2. The van der Waals surface area contributed by atoms with E-state index in [0.29, 0.717) is 13.0 Å². The first-order valence-electron chi connectivity index (χ1n) is 5.23. The number of carbonyl (C=O) groups excluding carboxylic acids is 1. The summed E-state index contributed by atoms with van der Waals surface area (Å²) in [6.45, 7) is 3.42. The van der Waals surface area contributed by atoms with Crippen LogP contribution in [-0.4, -0.2) is 28.0 Å². The second-order valence-electron chi connectivity index (χ2n) is 3.46. The number of imidazole rings is 1. The molecule has 0 aliphatic carbocycles. The first-order chi connectivity index (χ1) is 7.24. The number of rotatable bonds is 6. The number of nitrogens with zero attached hydrogens (tertiary/aromatic N) is 2. The van der Waals surface area contributed by atoms with E-state index in [0.717, 1.165) is 13.0 Å². The first kappa shape index (κ1) is 11.7. The molecule has 0 bridgehead atoms. The van der Waals surface area contributed by atoms with Gasteiger partial charge in [0.25, 0.3) is 0 Å². The topological polar surface area (TPSA) is 72.9 Å². The Morgan fingerprint density at radius 1 is 1.67 bits per heavy atom. The molecule has 5 nitrogen and oxygen atoms in total. The second-order valence-corrected chi connectivity index (χ2v) is 3.46. The van der Waals surface area contributed by atoms with Gasteiger partial charge in [-0.2, -0.15) is 0 Å². The Labute approximate surface area is 89.7 Å². The molecule has 0 saturated carbocycles. The fourth-order valence-electron chi connectivity index (χ4n) is 1.21. The van der Waals surface area contributed by atoms with E-state index in [-0.39, 0.29) is 11.9 Å². The van der Waals surface area contributed by atoms with Gasteiger partial charge < -0.3 is 15.6 Å². The quantitative estimate of drug-likeness (QED) is 0.655. The highest BCUT2D eigenvalue weighted by molar-refractivity contribution is 5.81. The summed E-state index contributed by atoms with van der Waals surface area (Å²) < 4.78 is 1.98. The van der Waals surface area contributed by atoms with Gasteiger partial charge in [0.2, 0.25) is 5.91 Å². The third-order valence-corrected chi connectivity index (χ3v) is 2.23. The van der Waals surface area contributed by atoms with Gasteiger partial charge in [0.1, 0.15) is 0 Å². The second kappa shape index (κ2) is 6.19. The zero-order valence-electron chi connectivity index (χ0n) is 9.02. The number of carbonyl (C=O) groups is 1. The number of hydrogen-bond acceptors (Lipinski definition) is 3. The smallest absolute Gasteiger partial charge is 0.236 e. The Balaban J connectivity index is 2.09. The minimum Gasteiger partial charge on any atom is -0.355 e. The Morgan fingerprint density at radius 3 is 3.07 bits per heavy atom. The van der Waals surface area contributed by atoms with Crippen molar-refractivity contribution in [2.75, 3.05) is 6.54 Å². The average Bonchev–Trinajstić information content (AvgIpc) is 2.75. The maximum absolute atomic E-state index is 11.3. The third kappa shape index (κ3) is 4.12. The molecule has 1 amide bonds. The molecule has 0 aliphatic heterocycles. The molecule has 0 aliphatic rings. The van der Waals surface area contributed by atoms with Crippen molar-refractivity contribution in [3.63, 3.8) is 0 Å². The predicted molar refractivity (Wildman–Crippen MR) is 58.1 cm³/mol. The first-order valence-corrected chi connectivity index (χ1v) is 5.23. The number of aromatic nitrogens is 2. The van der Waals surface area contributed by atoms with E-state index in [9.17, 15) is 4.79 Å². The van der Waals surface area contributed by atoms with Gasteiger partial charge in [-0.05, 0) is 12.8 Å². The minimum absolute atomic E-state index is 0.0665. The Morgan fingerprint density at radius 2 is 2.47 bits per heavy atom. The summed E-state index contributed by atoms with van der Waals surface area (Å²) in [5.41, 5.74) is 5.57. The lowest BCUT2D eigenvalue weighted by molar-refractivity contribution is -0.122. The van der Waals surface area contributed by atoms with E-state index in [1.807, 2.05) is 17.7 Å². The molecule has 3 N–H and O–H groups in total. The predicted octanol–water partition coefficient (Wildman–Crippen LogP) is 0.127. The van der Waals surface area contributed by atoms with E-state index in [1.54, 1.807) is 12.5 Å². The summed E-state index contributed by atoms with van der Waals surface area (Å²) in [5, 5.41) is 2.80. The van der Waals surface area contributed by atoms with Crippen molar-refractivity contribution >= 4 is 5.91 Å². The van der Waals surface area contributed by atoms with Crippen molar-refractivity contribution in [3.8, 4) is 0 Å². The monoisotopic (exact) mass is 210 g/mol. The molecule has 1 rings (SSSR count). The molecule has 15 heavy (non-hydrogen) atoms. The van der Waals surface area contributed by atoms with Crippen LogP contribution in [0.25, 0.3) is 0 Å². The molecule has 1 aromatic heterocycles.